The standard InChI is InChI=1S/C9H14N4/c1-2-7(3-1)9-6-13(12-11-9)8-4-10-5-8/h6-8,10H,1-5H2. The fourth-order valence-electron chi connectivity index (χ4n) is 1.82. The van der Waals surface area contributed by atoms with E-state index in [1.165, 1.54) is 25.0 Å². The van der Waals surface area contributed by atoms with Crippen molar-refractivity contribution in [3.63, 3.8) is 0 Å². The highest BCUT2D eigenvalue weighted by molar-refractivity contribution is 5.06. The van der Waals surface area contributed by atoms with Gasteiger partial charge in [0.2, 0.25) is 0 Å². The summed E-state index contributed by atoms with van der Waals surface area (Å²) in [6, 6.07) is 0.557. The first-order valence-electron chi connectivity index (χ1n) is 5.06. The van der Waals surface area contributed by atoms with E-state index in [2.05, 4.69) is 21.8 Å². The van der Waals surface area contributed by atoms with Crippen molar-refractivity contribution < 1.29 is 0 Å². The van der Waals surface area contributed by atoms with Crippen LogP contribution in [0, 0.1) is 0 Å². The molecule has 4 nitrogen and oxygen atoms in total. The van der Waals surface area contributed by atoms with Crippen molar-refractivity contribution in [3.8, 4) is 0 Å². The van der Waals surface area contributed by atoms with E-state index >= 15 is 0 Å². The van der Waals surface area contributed by atoms with Gasteiger partial charge in [0.1, 0.15) is 0 Å². The monoisotopic (exact) mass is 178 g/mol. The van der Waals surface area contributed by atoms with E-state index in [0.29, 0.717) is 12.0 Å². The molecule has 1 saturated heterocycles. The van der Waals surface area contributed by atoms with Gasteiger partial charge in [-0.2, -0.15) is 0 Å². The Bertz CT molecular complexity index is 270. The Balaban J connectivity index is 1.76. The smallest absolute Gasteiger partial charge is 0.0858 e. The van der Waals surface area contributed by atoms with Crippen LogP contribution in [0.1, 0.15) is 36.9 Å². The third kappa shape index (κ3) is 1.16. The van der Waals surface area contributed by atoms with Crippen LogP contribution in [0.4, 0.5) is 0 Å². The minimum Gasteiger partial charge on any atom is -0.312 e. The highest BCUT2D eigenvalue weighted by Gasteiger charge is 2.25. The lowest BCUT2D eigenvalue weighted by Gasteiger charge is -2.27. The van der Waals surface area contributed by atoms with Gasteiger partial charge < -0.3 is 5.32 Å². The van der Waals surface area contributed by atoms with Gasteiger partial charge in [-0.3, -0.25) is 0 Å². The van der Waals surface area contributed by atoms with Crippen molar-refractivity contribution in [1.82, 2.24) is 20.3 Å². The number of nitrogens with zero attached hydrogens (tertiary/aromatic N) is 3. The lowest BCUT2D eigenvalue weighted by Crippen LogP contribution is -2.43. The van der Waals surface area contributed by atoms with Gasteiger partial charge in [0.25, 0.3) is 0 Å². The fraction of sp³-hybridized carbons (Fsp3) is 0.778. The Labute approximate surface area is 77.3 Å². The largest absolute Gasteiger partial charge is 0.312 e. The molecule has 2 aliphatic rings. The second-order valence-electron chi connectivity index (χ2n) is 4.06. The molecule has 2 fully saturated rings. The van der Waals surface area contributed by atoms with Gasteiger partial charge in [0.05, 0.1) is 11.7 Å². The summed E-state index contributed by atoms with van der Waals surface area (Å²) in [5, 5.41) is 11.6. The van der Waals surface area contributed by atoms with Gasteiger partial charge in [-0.05, 0) is 12.8 Å². The Morgan fingerprint density at radius 2 is 2.23 bits per heavy atom. The van der Waals surface area contributed by atoms with Gasteiger partial charge in [0, 0.05) is 25.2 Å². The van der Waals surface area contributed by atoms with Crippen LogP contribution in [-0.2, 0) is 0 Å². The molecule has 1 aliphatic carbocycles. The summed E-state index contributed by atoms with van der Waals surface area (Å²) in [5.41, 5.74) is 1.21. The van der Waals surface area contributed by atoms with Crippen molar-refractivity contribution in [1.29, 1.82) is 0 Å². The highest BCUT2D eigenvalue weighted by atomic mass is 15.4. The fourth-order valence-corrected chi connectivity index (χ4v) is 1.82. The highest BCUT2D eigenvalue weighted by Crippen LogP contribution is 2.35. The van der Waals surface area contributed by atoms with E-state index in [9.17, 15) is 0 Å². The molecule has 2 heterocycles. The second-order valence-corrected chi connectivity index (χ2v) is 4.06. The van der Waals surface area contributed by atoms with Crippen molar-refractivity contribution >= 4 is 0 Å². The zero-order valence-corrected chi connectivity index (χ0v) is 7.61. The van der Waals surface area contributed by atoms with Gasteiger partial charge in [0.15, 0.2) is 0 Å². The van der Waals surface area contributed by atoms with Crippen molar-refractivity contribution in [2.45, 2.75) is 31.2 Å². The first kappa shape index (κ1) is 7.50. The quantitative estimate of drug-likeness (QED) is 0.724. The molecule has 0 aromatic carbocycles. The summed E-state index contributed by atoms with van der Waals surface area (Å²) in [6.45, 7) is 2.10. The third-order valence-electron chi connectivity index (χ3n) is 3.19. The molecular weight excluding hydrogens is 164 g/mol. The van der Waals surface area contributed by atoms with Gasteiger partial charge in [-0.25, -0.2) is 4.68 Å². The SMILES string of the molecule is c1c(C2CCC2)nnn1C1CNC1. The van der Waals surface area contributed by atoms with Gasteiger partial charge >= 0.3 is 0 Å². The zero-order chi connectivity index (χ0) is 8.67. The topological polar surface area (TPSA) is 42.7 Å². The third-order valence-corrected chi connectivity index (χ3v) is 3.19. The molecule has 0 radical (unpaired) electrons. The van der Waals surface area contributed by atoms with Crippen LogP contribution in [0.5, 0.6) is 0 Å². The number of hydrogen-bond donors (Lipinski definition) is 1. The van der Waals surface area contributed by atoms with E-state index in [4.69, 9.17) is 0 Å². The molecule has 0 unspecified atom stereocenters. The summed E-state index contributed by atoms with van der Waals surface area (Å²) in [5.74, 6) is 0.710. The van der Waals surface area contributed by atoms with E-state index in [1.807, 2.05) is 4.68 Å². The van der Waals surface area contributed by atoms with E-state index < -0.39 is 0 Å². The van der Waals surface area contributed by atoms with Crippen molar-refractivity contribution in [3.05, 3.63) is 11.9 Å². The maximum atomic E-state index is 4.23. The lowest BCUT2D eigenvalue weighted by atomic mass is 9.83. The molecule has 0 spiro atoms. The van der Waals surface area contributed by atoms with E-state index in [0.717, 1.165) is 13.1 Å². The van der Waals surface area contributed by atoms with Crippen molar-refractivity contribution in [2.24, 2.45) is 0 Å². The Morgan fingerprint density at radius 3 is 2.77 bits per heavy atom. The maximum Gasteiger partial charge on any atom is 0.0858 e. The molecule has 3 rings (SSSR count). The second kappa shape index (κ2) is 2.80. The van der Waals surface area contributed by atoms with Crippen LogP contribution in [-0.4, -0.2) is 28.1 Å². The number of nitrogens with one attached hydrogen (secondary N) is 1. The van der Waals surface area contributed by atoms with Crippen LogP contribution < -0.4 is 5.32 Å². The van der Waals surface area contributed by atoms with Crippen LogP contribution in [0.15, 0.2) is 6.20 Å². The van der Waals surface area contributed by atoms with E-state index in [1.54, 1.807) is 0 Å². The Kier molecular flexibility index (Phi) is 1.62. The summed E-state index contributed by atoms with van der Waals surface area (Å²) in [4.78, 5) is 0. The number of aromatic nitrogens is 3. The normalized spacial score (nSPS) is 24.0. The molecule has 0 atom stereocenters. The average Bonchev–Trinajstić information content (AvgIpc) is 2.29. The molecule has 1 N–H and O–H groups in total. The predicted octanol–water partition coefficient (Wildman–Crippen LogP) is 0.690. The maximum absolute atomic E-state index is 4.23. The molecule has 1 aliphatic heterocycles. The summed E-state index contributed by atoms with van der Waals surface area (Å²) < 4.78 is 2.02. The summed E-state index contributed by atoms with van der Waals surface area (Å²) in [6.07, 6.45) is 6.11. The molecule has 1 aromatic heterocycles. The summed E-state index contributed by atoms with van der Waals surface area (Å²) >= 11 is 0. The molecule has 1 aromatic rings. The average molecular weight is 178 g/mol. The van der Waals surface area contributed by atoms with Crippen molar-refractivity contribution in [2.75, 3.05) is 13.1 Å². The molecule has 13 heavy (non-hydrogen) atoms. The van der Waals surface area contributed by atoms with Gasteiger partial charge in [-0.15, -0.1) is 5.10 Å². The predicted molar refractivity (Wildman–Crippen MR) is 48.5 cm³/mol. The zero-order valence-electron chi connectivity index (χ0n) is 7.61. The summed E-state index contributed by atoms with van der Waals surface area (Å²) in [7, 11) is 0. The molecular formula is C9H14N4. The van der Waals surface area contributed by atoms with Crippen LogP contribution in [0.25, 0.3) is 0 Å². The lowest BCUT2D eigenvalue weighted by molar-refractivity contribution is 0.312. The van der Waals surface area contributed by atoms with Crippen LogP contribution in [0.2, 0.25) is 0 Å². The first-order chi connectivity index (χ1) is 6.43. The molecule has 70 valence electrons. The molecule has 1 saturated carbocycles. The Hall–Kier alpha value is -0.900. The minimum absolute atomic E-state index is 0.557. The van der Waals surface area contributed by atoms with E-state index in [-0.39, 0.29) is 0 Å². The minimum atomic E-state index is 0.557. The Morgan fingerprint density at radius 1 is 1.38 bits per heavy atom. The first-order valence-corrected chi connectivity index (χ1v) is 5.06. The molecule has 0 amide bonds. The molecule has 4 heteroatoms. The molecule has 0 bridgehead atoms. The van der Waals surface area contributed by atoms with Crippen LogP contribution >= 0.6 is 0 Å². The number of rotatable bonds is 2. The van der Waals surface area contributed by atoms with Gasteiger partial charge in [-0.1, -0.05) is 11.6 Å². The van der Waals surface area contributed by atoms with Crippen LogP contribution in [0.3, 0.4) is 0 Å². The number of hydrogen-bond acceptors (Lipinski definition) is 3.